The van der Waals surface area contributed by atoms with Crippen LogP contribution in [0.15, 0.2) is 35.0 Å². The van der Waals surface area contributed by atoms with Gasteiger partial charge in [0.05, 0.1) is 5.56 Å². The number of rotatable bonds is 2. The Balaban J connectivity index is 0.000000771. The minimum atomic E-state index is -0.0514. The first-order valence-corrected chi connectivity index (χ1v) is 7.02. The van der Waals surface area contributed by atoms with Crippen molar-refractivity contribution in [3.05, 3.63) is 51.7 Å². The summed E-state index contributed by atoms with van der Waals surface area (Å²) >= 11 is 1.52. The van der Waals surface area contributed by atoms with Gasteiger partial charge in [-0.15, -0.1) is 0 Å². The topological polar surface area (TPSA) is 29.1 Å². The number of amides is 1. The van der Waals surface area contributed by atoms with Gasteiger partial charge in [0.25, 0.3) is 5.91 Å². The first-order valence-electron chi connectivity index (χ1n) is 6.07. The summed E-state index contributed by atoms with van der Waals surface area (Å²) in [4.78, 5) is 11.8. The molecule has 0 radical (unpaired) electrons. The highest BCUT2D eigenvalue weighted by atomic mass is 32.1. The fourth-order valence-electron chi connectivity index (χ4n) is 1.42. The summed E-state index contributed by atoms with van der Waals surface area (Å²) in [7, 11) is 0. The molecule has 0 atom stereocenters. The average Bonchev–Trinajstić information content (AvgIpc) is 2.90. The van der Waals surface area contributed by atoms with Crippen LogP contribution in [0.4, 0.5) is 5.69 Å². The van der Waals surface area contributed by atoms with E-state index in [4.69, 9.17) is 0 Å². The normalized spacial score (nSPS) is 9.33. The monoisotopic (exact) mass is 261 g/mol. The van der Waals surface area contributed by atoms with Crippen LogP contribution in [0.5, 0.6) is 0 Å². The van der Waals surface area contributed by atoms with Gasteiger partial charge < -0.3 is 5.32 Å². The molecule has 2 aromatic rings. The van der Waals surface area contributed by atoms with E-state index in [0.717, 1.165) is 5.69 Å². The largest absolute Gasteiger partial charge is 0.322 e. The lowest BCUT2D eigenvalue weighted by Gasteiger charge is -2.06. The predicted octanol–water partition coefficient (Wildman–Crippen LogP) is 4.64. The highest BCUT2D eigenvalue weighted by molar-refractivity contribution is 7.08. The summed E-state index contributed by atoms with van der Waals surface area (Å²) in [6.45, 7) is 8.09. The van der Waals surface area contributed by atoms with E-state index in [2.05, 4.69) is 12.2 Å². The maximum Gasteiger partial charge on any atom is 0.256 e. The zero-order chi connectivity index (χ0) is 13.5. The van der Waals surface area contributed by atoms with Gasteiger partial charge in [0.1, 0.15) is 0 Å². The first kappa shape index (κ1) is 14.5. The third kappa shape index (κ3) is 3.70. The number of carbonyl (C=O) groups is 1. The molecule has 1 aromatic carbocycles. The van der Waals surface area contributed by atoms with Crippen LogP contribution in [0.1, 0.15) is 35.3 Å². The Morgan fingerprint density at radius 1 is 1.11 bits per heavy atom. The number of benzene rings is 1. The smallest absolute Gasteiger partial charge is 0.256 e. The van der Waals surface area contributed by atoms with Crippen LogP contribution in [0.3, 0.4) is 0 Å². The Bertz CT molecular complexity index is 503. The van der Waals surface area contributed by atoms with E-state index < -0.39 is 0 Å². The van der Waals surface area contributed by atoms with Crippen molar-refractivity contribution in [3.63, 3.8) is 0 Å². The molecule has 1 N–H and O–H groups in total. The molecule has 2 rings (SSSR count). The molecule has 18 heavy (non-hydrogen) atoms. The molecule has 0 aliphatic rings. The molecule has 0 aliphatic heterocycles. The van der Waals surface area contributed by atoms with Crippen LogP contribution in [-0.4, -0.2) is 5.91 Å². The van der Waals surface area contributed by atoms with E-state index >= 15 is 0 Å². The number of anilines is 1. The van der Waals surface area contributed by atoms with Gasteiger partial charge in [0.15, 0.2) is 0 Å². The van der Waals surface area contributed by atoms with Gasteiger partial charge >= 0.3 is 0 Å². The Morgan fingerprint density at radius 2 is 1.83 bits per heavy atom. The highest BCUT2D eigenvalue weighted by Crippen LogP contribution is 2.15. The van der Waals surface area contributed by atoms with Crippen molar-refractivity contribution in [1.82, 2.24) is 0 Å². The van der Waals surface area contributed by atoms with E-state index in [1.54, 1.807) is 0 Å². The molecule has 2 nitrogen and oxygen atoms in total. The van der Waals surface area contributed by atoms with Crippen molar-refractivity contribution in [3.8, 4) is 0 Å². The van der Waals surface area contributed by atoms with Crippen LogP contribution in [0, 0.1) is 13.8 Å². The molecule has 96 valence electrons. The van der Waals surface area contributed by atoms with Crippen molar-refractivity contribution < 1.29 is 4.79 Å². The van der Waals surface area contributed by atoms with Gasteiger partial charge in [-0.25, -0.2) is 0 Å². The number of aryl methyl sites for hydroxylation is 2. The van der Waals surface area contributed by atoms with Crippen molar-refractivity contribution in [2.75, 3.05) is 5.32 Å². The summed E-state index contributed by atoms with van der Waals surface area (Å²) in [5.41, 5.74) is 3.97. The van der Waals surface area contributed by atoms with Gasteiger partial charge in [-0.3, -0.25) is 4.79 Å². The number of carbonyl (C=O) groups excluding carboxylic acids is 1. The summed E-state index contributed by atoms with van der Waals surface area (Å²) in [6.07, 6.45) is 0. The molecule has 0 spiro atoms. The van der Waals surface area contributed by atoms with Crippen molar-refractivity contribution in [2.24, 2.45) is 0 Å². The molecule has 0 bridgehead atoms. The fraction of sp³-hybridized carbons (Fsp3) is 0.267. The molecule has 1 aromatic heterocycles. The number of hydrogen-bond donors (Lipinski definition) is 1. The third-order valence-corrected chi connectivity index (χ3v) is 3.23. The van der Waals surface area contributed by atoms with Crippen molar-refractivity contribution in [1.29, 1.82) is 0 Å². The molecule has 1 amide bonds. The Kier molecular flexibility index (Phi) is 5.59. The minimum absolute atomic E-state index is 0.0514. The fourth-order valence-corrected chi connectivity index (χ4v) is 2.05. The lowest BCUT2D eigenvalue weighted by atomic mass is 10.1. The highest BCUT2D eigenvalue weighted by Gasteiger charge is 2.06. The molecule has 0 saturated carbocycles. The molecular weight excluding hydrogens is 242 g/mol. The molecular formula is C15H19NOS. The van der Waals surface area contributed by atoms with Crippen molar-refractivity contribution >= 4 is 22.9 Å². The van der Waals surface area contributed by atoms with E-state index in [1.807, 2.05) is 55.8 Å². The summed E-state index contributed by atoms with van der Waals surface area (Å²) in [5, 5.41) is 6.62. The summed E-state index contributed by atoms with van der Waals surface area (Å²) in [6, 6.07) is 7.74. The minimum Gasteiger partial charge on any atom is -0.322 e. The lowest BCUT2D eigenvalue weighted by molar-refractivity contribution is 0.102. The number of nitrogens with one attached hydrogen (secondary N) is 1. The zero-order valence-corrected chi connectivity index (χ0v) is 12.1. The molecule has 1 heterocycles. The Morgan fingerprint density at radius 3 is 2.39 bits per heavy atom. The quantitative estimate of drug-likeness (QED) is 0.838. The lowest BCUT2D eigenvalue weighted by Crippen LogP contribution is -2.10. The van der Waals surface area contributed by atoms with Crippen LogP contribution < -0.4 is 5.32 Å². The van der Waals surface area contributed by atoms with E-state index in [0.29, 0.717) is 5.56 Å². The second-order valence-corrected chi connectivity index (χ2v) is 4.55. The van der Waals surface area contributed by atoms with Gasteiger partial charge in [-0.2, -0.15) is 11.3 Å². The van der Waals surface area contributed by atoms with Gasteiger partial charge in [-0.05, 0) is 48.6 Å². The van der Waals surface area contributed by atoms with E-state index in [1.165, 1.54) is 22.5 Å². The molecule has 0 unspecified atom stereocenters. The van der Waals surface area contributed by atoms with Crippen LogP contribution in [0.2, 0.25) is 0 Å². The van der Waals surface area contributed by atoms with Crippen LogP contribution >= 0.6 is 11.3 Å². The number of thiophene rings is 1. The van der Waals surface area contributed by atoms with Crippen molar-refractivity contribution in [2.45, 2.75) is 27.7 Å². The second kappa shape index (κ2) is 6.97. The SMILES string of the molecule is CC.Cc1ccc(NC(=O)c2ccsc2)cc1C. The maximum atomic E-state index is 11.8. The summed E-state index contributed by atoms with van der Waals surface area (Å²) in [5.74, 6) is -0.0514. The number of hydrogen-bond acceptors (Lipinski definition) is 2. The van der Waals surface area contributed by atoms with Crippen LogP contribution in [0.25, 0.3) is 0 Å². The van der Waals surface area contributed by atoms with E-state index in [9.17, 15) is 4.79 Å². The van der Waals surface area contributed by atoms with Crippen LogP contribution in [-0.2, 0) is 0 Å². The maximum absolute atomic E-state index is 11.8. The second-order valence-electron chi connectivity index (χ2n) is 3.77. The standard InChI is InChI=1S/C13H13NOS.C2H6/c1-9-3-4-12(7-10(9)2)14-13(15)11-5-6-16-8-11;1-2/h3-8H,1-2H3,(H,14,15);1-2H3. The van der Waals surface area contributed by atoms with E-state index in [-0.39, 0.29) is 5.91 Å². The molecule has 0 saturated heterocycles. The molecule has 0 fully saturated rings. The predicted molar refractivity (Wildman–Crippen MR) is 79.5 cm³/mol. The van der Waals surface area contributed by atoms with Gasteiger partial charge in [-0.1, -0.05) is 19.9 Å². The van der Waals surface area contributed by atoms with Gasteiger partial charge in [0, 0.05) is 11.1 Å². The Labute approximate surface area is 113 Å². The Hall–Kier alpha value is -1.61. The third-order valence-electron chi connectivity index (χ3n) is 2.55. The molecule has 3 heteroatoms. The first-order chi connectivity index (χ1) is 8.66. The average molecular weight is 261 g/mol. The molecule has 0 aliphatic carbocycles. The summed E-state index contributed by atoms with van der Waals surface area (Å²) < 4.78 is 0. The zero-order valence-electron chi connectivity index (χ0n) is 11.3. The van der Waals surface area contributed by atoms with Gasteiger partial charge in [0.2, 0.25) is 0 Å².